The molecule has 2 N–H and O–H groups in total. The van der Waals surface area contributed by atoms with Gasteiger partial charge in [0.15, 0.2) is 0 Å². The van der Waals surface area contributed by atoms with Crippen molar-refractivity contribution in [3.8, 4) is 0 Å². The standard InChI is InChI=1S/C12H21N3S/c1-2-3-12-14-11(9-16-12)8-15-5-4-10(6-13)7-15/h9-10H,2-8,13H2,1H3. The molecule has 90 valence electrons. The Bertz CT molecular complexity index is 324. The van der Waals surface area contributed by atoms with Crippen molar-refractivity contribution in [3.05, 3.63) is 16.1 Å². The van der Waals surface area contributed by atoms with Crippen LogP contribution in [0.3, 0.4) is 0 Å². The summed E-state index contributed by atoms with van der Waals surface area (Å²) in [6.45, 7) is 6.37. The van der Waals surface area contributed by atoms with E-state index in [-0.39, 0.29) is 0 Å². The first-order valence-corrected chi connectivity index (χ1v) is 7.05. The number of nitrogens with zero attached hydrogens (tertiary/aromatic N) is 2. The van der Waals surface area contributed by atoms with Crippen molar-refractivity contribution >= 4 is 11.3 Å². The number of aromatic nitrogens is 1. The van der Waals surface area contributed by atoms with E-state index in [2.05, 4.69) is 22.2 Å². The third kappa shape index (κ3) is 3.03. The lowest BCUT2D eigenvalue weighted by molar-refractivity contribution is 0.314. The zero-order chi connectivity index (χ0) is 11.4. The van der Waals surface area contributed by atoms with Gasteiger partial charge >= 0.3 is 0 Å². The van der Waals surface area contributed by atoms with E-state index in [0.717, 1.165) is 26.1 Å². The van der Waals surface area contributed by atoms with Crippen molar-refractivity contribution in [1.29, 1.82) is 0 Å². The Kier molecular flexibility index (Phi) is 4.32. The van der Waals surface area contributed by atoms with E-state index >= 15 is 0 Å². The highest BCUT2D eigenvalue weighted by Crippen LogP contribution is 2.19. The maximum atomic E-state index is 5.69. The third-order valence-corrected chi connectivity index (χ3v) is 4.11. The van der Waals surface area contributed by atoms with Gasteiger partial charge in [0.2, 0.25) is 0 Å². The van der Waals surface area contributed by atoms with Gasteiger partial charge in [-0.15, -0.1) is 11.3 Å². The summed E-state index contributed by atoms with van der Waals surface area (Å²) in [5.74, 6) is 0.703. The molecule has 1 aromatic rings. The zero-order valence-corrected chi connectivity index (χ0v) is 10.8. The maximum absolute atomic E-state index is 5.69. The van der Waals surface area contributed by atoms with Gasteiger partial charge < -0.3 is 5.73 Å². The van der Waals surface area contributed by atoms with E-state index in [1.54, 1.807) is 11.3 Å². The molecule has 1 fully saturated rings. The monoisotopic (exact) mass is 239 g/mol. The Morgan fingerprint density at radius 1 is 1.62 bits per heavy atom. The molecule has 2 heterocycles. The van der Waals surface area contributed by atoms with E-state index in [0.29, 0.717) is 5.92 Å². The molecule has 0 spiro atoms. The molecule has 16 heavy (non-hydrogen) atoms. The maximum Gasteiger partial charge on any atom is 0.0928 e. The predicted molar refractivity (Wildman–Crippen MR) is 68.5 cm³/mol. The second-order valence-corrected chi connectivity index (χ2v) is 5.55. The first-order chi connectivity index (χ1) is 7.81. The Balaban J connectivity index is 1.84. The van der Waals surface area contributed by atoms with Crippen LogP contribution in [0.1, 0.15) is 30.5 Å². The van der Waals surface area contributed by atoms with Crippen LogP contribution < -0.4 is 5.73 Å². The first-order valence-electron chi connectivity index (χ1n) is 6.17. The molecule has 2 rings (SSSR count). The number of likely N-dealkylation sites (tertiary alicyclic amines) is 1. The minimum atomic E-state index is 0.703. The normalized spacial score (nSPS) is 21.8. The Hall–Kier alpha value is -0.450. The van der Waals surface area contributed by atoms with Crippen LogP contribution in [0.2, 0.25) is 0 Å². The van der Waals surface area contributed by atoms with Gasteiger partial charge in [-0.1, -0.05) is 6.92 Å². The molecular formula is C12H21N3S. The fourth-order valence-electron chi connectivity index (χ4n) is 2.23. The summed E-state index contributed by atoms with van der Waals surface area (Å²) in [5, 5.41) is 3.49. The minimum absolute atomic E-state index is 0.703. The topological polar surface area (TPSA) is 42.2 Å². The van der Waals surface area contributed by atoms with E-state index in [4.69, 9.17) is 5.73 Å². The molecule has 0 radical (unpaired) electrons. The fraction of sp³-hybridized carbons (Fsp3) is 0.750. The fourth-order valence-corrected chi connectivity index (χ4v) is 3.12. The lowest BCUT2D eigenvalue weighted by Gasteiger charge is -2.13. The largest absolute Gasteiger partial charge is 0.330 e. The average Bonchev–Trinajstić information content (AvgIpc) is 2.89. The van der Waals surface area contributed by atoms with E-state index in [9.17, 15) is 0 Å². The van der Waals surface area contributed by atoms with Gasteiger partial charge in [0.05, 0.1) is 10.7 Å². The minimum Gasteiger partial charge on any atom is -0.330 e. The third-order valence-electron chi connectivity index (χ3n) is 3.15. The number of thiazole rings is 1. The average molecular weight is 239 g/mol. The van der Waals surface area contributed by atoms with Crippen molar-refractivity contribution in [2.24, 2.45) is 11.7 Å². The lowest BCUT2D eigenvalue weighted by atomic mass is 10.1. The second kappa shape index (κ2) is 5.75. The number of nitrogens with two attached hydrogens (primary N) is 1. The zero-order valence-electron chi connectivity index (χ0n) is 9.98. The summed E-state index contributed by atoms with van der Waals surface area (Å²) in [6.07, 6.45) is 3.56. The van der Waals surface area contributed by atoms with E-state index < -0.39 is 0 Å². The first kappa shape index (κ1) is 12.0. The number of aryl methyl sites for hydroxylation is 1. The quantitative estimate of drug-likeness (QED) is 0.853. The molecular weight excluding hydrogens is 218 g/mol. The van der Waals surface area contributed by atoms with Crippen molar-refractivity contribution in [2.75, 3.05) is 19.6 Å². The molecule has 1 unspecified atom stereocenters. The molecule has 0 saturated carbocycles. The summed E-state index contributed by atoms with van der Waals surface area (Å²) >= 11 is 1.80. The van der Waals surface area contributed by atoms with E-state index in [1.165, 1.54) is 30.1 Å². The van der Waals surface area contributed by atoms with Gasteiger partial charge in [0, 0.05) is 18.5 Å². The molecule has 0 aromatic carbocycles. The predicted octanol–water partition coefficient (Wildman–Crippen LogP) is 1.88. The van der Waals surface area contributed by atoms with Crippen molar-refractivity contribution in [1.82, 2.24) is 9.88 Å². The summed E-state index contributed by atoms with van der Waals surface area (Å²) in [4.78, 5) is 7.13. The summed E-state index contributed by atoms with van der Waals surface area (Å²) in [5.41, 5.74) is 6.93. The smallest absolute Gasteiger partial charge is 0.0928 e. The Morgan fingerprint density at radius 3 is 3.19 bits per heavy atom. The van der Waals surface area contributed by atoms with Crippen LogP contribution in [0.15, 0.2) is 5.38 Å². The molecule has 0 aliphatic carbocycles. The van der Waals surface area contributed by atoms with Crippen LogP contribution >= 0.6 is 11.3 Å². The molecule has 1 aromatic heterocycles. The Labute approximate surface area is 102 Å². The van der Waals surface area contributed by atoms with Gasteiger partial charge in [-0.3, -0.25) is 4.90 Å². The molecule has 1 aliphatic heterocycles. The van der Waals surface area contributed by atoms with Crippen LogP contribution in [0.4, 0.5) is 0 Å². The van der Waals surface area contributed by atoms with Crippen LogP contribution in [-0.2, 0) is 13.0 Å². The molecule has 4 heteroatoms. The van der Waals surface area contributed by atoms with E-state index in [1.807, 2.05) is 0 Å². The van der Waals surface area contributed by atoms with Crippen LogP contribution in [0.5, 0.6) is 0 Å². The van der Waals surface area contributed by atoms with Gasteiger partial charge in [-0.2, -0.15) is 0 Å². The Morgan fingerprint density at radius 2 is 2.50 bits per heavy atom. The molecule has 1 aliphatic rings. The van der Waals surface area contributed by atoms with Crippen molar-refractivity contribution < 1.29 is 0 Å². The highest BCUT2D eigenvalue weighted by Gasteiger charge is 2.21. The summed E-state index contributed by atoms with van der Waals surface area (Å²) in [7, 11) is 0. The molecule has 0 amide bonds. The van der Waals surface area contributed by atoms with Gasteiger partial charge in [-0.05, 0) is 38.3 Å². The number of rotatable bonds is 5. The highest BCUT2D eigenvalue weighted by atomic mass is 32.1. The van der Waals surface area contributed by atoms with Gasteiger partial charge in [-0.25, -0.2) is 4.98 Å². The van der Waals surface area contributed by atoms with Gasteiger partial charge in [0.25, 0.3) is 0 Å². The molecule has 1 saturated heterocycles. The molecule has 0 bridgehead atoms. The summed E-state index contributed by atoms with van der Waals surface area (Å²) < 4.78 is 0. The SMILES string of the molecule is CCCc1nc(CN2CCC(CN)C2)cs1. The number of hydrogen-bond donors (Lipinski definition) is 1. The van der Waals surface area contributed by atoms with Crippen LogP contribution in [0.25, 0.3) is 0 Å². The van der Waals surface area contributed by atoms with Gasteiger partial charge in [0.1, 0.15) is 0 Å². The highest BCUT2D eigenvalue weighted by molar-refractivity contribution is 7.09. The number of hydrogen-bond acceptors (Lipinski definition) is 4. The lowest BCUT2D eigenvalue weighted by Crippen LogP contribution is -2.22. The molecule has 1 atom stereocenters. The van der Waals surface area contributed by atoms with Crippen molar-refractivity contribution in [2.45, 2.75) is 32.7 Å². The molecule has 3 nitrogen and oxygen atoms in total. The van der Waals surface area contributed by atoms with Crippen LogP contribution in [0, 0.1) is 5.92 Å². The second-order valence-electron chi connectivity index (χ2n) is 4.61. The van der Waals surface area contributed by atoms with Crippen molar-refractivity contribution in [3.63, 3.8) is 0 Å². The van der Waals surface area contributed by atoms with Crippen LogP contribution in [-0.4, -0.2) is 29.5 Å². The summed E-state index contributed by atoms with van der Waals surface area (Å²) in [6, 6.07) is 0.